The molecule has 0 aliphatic heterocycles. The van der Waals surface area contributed by atoms with Gasteiger partial charge in [0.2, 0.25) is 0 Å². The molecule has 0 radical (unpaired) electrons. The fourth-order valence-corrected chi connectivity index (χ4v) is 6.62. The molecule has 0 aromatic rings. The molecular weight excluding hydrogens is 328 g/mol. The Kier molecular flexibility index (Phi) is 4.06. The van der Waals surface area contributed by atoms with Gasteiger partial charge < -0.3 is 5.11 Å². The van der Waals surface area contributed by atoms with Crippen molar-refractivity contribution in [2.75, 3.05) is 5.33 Å². The van der Waals surface area contributed by atoms with E-state index in [0.29, 0.717) is 28.9 Å². The molecule has 0 heterocycles. The Morgan fingerprint density at radius 3 is 2.67 bits per heavy atom. The Morgan fingerprint density at radius 2 is 2.00 bits per heavy atom. The fourth-order valence-electron chi connectivity index (χ4n) is 6.27. The first-order chi connectivity index (χ1) is 9.80. The van der Waals surface area contributed by atoms with Crippen LogP contribution in [0.2, 0.25) is 0 Å². The topological polar surface area (TPSA) is 37.3 Å². The van der Waals surface area contributed by atoms with E-state index in [1.54, 1.807) is 0 Å². The second-order valence-electron chi connectivity index (χ2n) is 8.57. The average molecular weight is 357 g/mol. The lowest BCUT2D eigenvalue weighted by Crippen LogP contribution is -2.45. The molecule has 7 atom stereocenters. The molecule has 2 nitrogen and oxygen atoms in total. The third kappa shape index (κ3) is 2.63. The second-order valence-corrected chi connectivity index (χ2v) is 9.13. The quantitative estimate of drug-likeness (QED) is 0.753. The Morgan fingerprint density at radius 1 is 1.29 bits per heavy atom. The van der Waals surface area contributed by atoms with Crippen LogP contribution >= 0.6 is 15.9 Å². The highest BCUT2D eigenvalue weighted by Crippen LogP contribution is 2.71. The molecule has 3 aliphatic carbocycles. The molecule has 0 bridgehead atoms. The third-order valence-electron chi connectivity index (χ3n) is 6.73. The van der Waals surface area contributed by atoms with Gasteiger partial charge in [-0.05, 0) is 55.3 Å². The van der Waals surface area contributed by atoms with Gasteiger partial charge in [0.25, 0.3) is 0 Å². The number of Topliss-reactive ketones (excluding diaryl/α,β-unsaturated/α-hetero) is 1. The highest BCUT2D eigenvalue weighted by atomic mass is 79.9. The zero-order valence-electron chi connectivity index (χ0n) is 13.6. The first-order valence-electron chi connectivity index (χ1n) is 8.61. The van der Waals surface area contributed by atoms with Crippen molar-refractivity contribution in [3.05, 3.63) is 0 Å². The first kappa shape index (κ1) is 16.0. The maximum Gasteiger partial charge on any atom is 0.147 e. The number of hydrogen-bond acceptors (Lipinski definition) is 2. The van der Waals surface area contributed by atoms with Crippen LogP contribution in [0.25, 0.3) is 0 Å². The molecule has 0 saturated heterocycles. The number of ketones is 1. The number of alkyl halides is 1. The molecule has 3 rings (SSSR count). The predicted octanol–water partition coefficient (Wildman–Crippen LogP) is 4.19. The molecule has 0 amide bonds. The molecule has 0 spiro atoms. The summed E-state index contributed by atoms with van der Waals surface area (Å²) in [5.41, 5.74) is -0.621. The molecule has 1 unspecified atom stereocenters. The maximum atomic E-state index is 12.6. The van der Waals surface area contributed by atoms with Crippen LogP contribution in [0.15, 0.2) is 0 Å². The summed E-state index contributed by atoms with van der Waals surface area (Å²) in [7, 11) is 0. The summed E-state index contributed by atoms with van der Waals surface area (Å²) in [6, 6.07) is 0. The summed E-state index contributed by atoms with van der Waals surface area (Å²) in [6.07, 6.45) is 6.52. The van der Waals surface area contributed by atoms with Crippen molar-refractivity contribution in [2.24, 2.45) is 35.0 Å². The minimum absolute atomic E-state index is 0.00824. The number of carbonyl (C=O) groups is 1. The Hall–Kier alpha value is 0.110. The van der Waals surface area contributed by atoms with Crippen LogP contribution < -0.4 is 0 Å². The molecule has 0 aromatic heterocycles. The van der Waals surface area contributed by atoms with Gasteiger partial charge in [0.15, 0.2) is 0 Å². The largest absolute Gasteiger partial charge is 0.390 e. The number of hydrogen-bond donors (Lipinski definition) is 1. The highest BCUT2D eigenvalue weighted by molar-refractivity contribution is 9.09. The van der Waals surface area contributed by atoms with E-state index in [2.05, 4.69) is 29.8 Å². The van der Waals surface area contributed by atoms with E-state index in [9.17, 15) is 9.90 Å². The summed E-state index contributed by atoms with van der Waals surface area (Å²) in [6.45, 7) is 6.69. The van der Waals surface area contributed by atoms with E-state index in [4.69, 9.17) is 0 Å². The Balaban J connectivity index is 1.98. The van der Waals surface area contributed by atoms with E-state index < -0.39 is 5.60 Å². The lowest BCUT2D eigenvalue weighted by molar-refractivity contribution is -0.128. The molecule has 3 heteroatoms. The van der Waals surface area contributed by atoms with Gasteiger partial charge in [0, 0.05) is 5.92 Å². The number of carbonyl (C=O) groups excluding carboxylic acids is 1. The van der Waals surface area contributed by atoms with Gasteiger partial charge in [-0.2, -0.15) is 0 Å². The van der Waals surface area contributed by atoms with Crippen LogP contribution in [-0.2, 0) is 4.79 Å². The van der Waals surface area contributed by atoms with Gasteiger partial charge in [0.05, 0.1) is 10.9 Å². The van der Waals surface area contributed by atoms with Crippen LogP contribution in [0, 0.1) is 35.0 Å². The summed E-state index contributed by atoms with van der Waals surface area (Å²) >= 11 is 3.39. The number of fused-ring (bicyclic) bond motifs is 3. The number of halogens is 1. The van der Waals surface area contributed by atoms with Crippen molar-refractivity contribution in [2.45, 2.75) is 64.9 Å². The van der Waals surface area contributed by atoms with Crippen molar-refractivity contribution in [3.8, 4) is 0 Å². The first-order valence-corrected chi connectivity index (χ1v) is 9.73. The van der Waals surface area contributed by atoms with E-state index in [-0.39, 0.29) is 11.3 Å². The van der Waals surface area contributed by atoms with Gasteiger partial charge in [-0.3, -0.25) is 4.79 Å². The van der Waals surface area contributed by atoms with Crippen molar-refractivity contribution < 1.29 is 9.90 Å². The molecule has 3 fully saturated rings. The zero-order chi connectivity index (χ0) is 15.4. The lowest BCUT2D eigenvalue weighted by atomic mass is 9.60. The molecule has 3 saturated carbocycles. The summed E-state index contributed by atoms with van der Waals surface area (Å²) < 4.78 is 0. The van der Waals surface area contributed by atoms with Gasteiger partial charge >= 0.3 is 0 Å². The minimum Gasteiger partial charge on any atom is -0.390 e. The smallest absolute Gasteiger partial charge is 0.147 e. The van der Waals surface area contributed by atoms with Gasteiger partial charge in [0.1, 0.15) is 5.78 Å². The van der Waals surface area contributed by atoms with Gasteiger partial charge in [-0.25, -0.2) is 0 Å². The van der Waals surface area contributed by atoms with Crippen molar-refractivity contribution in [1.82, 2.24) is 0 Å². The van der Waals surface area contributed by atoms with Crippen LogP contribution in [0.5, 0.6) is 0 Å². The van der Waals surface area contributed by atoms with Crippen LogP contribution in [0.3, 0.4) is 0 Å². The van der Waals surface area contributed by atoms with E-state index in [0.717, 1.165) is 25.2 Å². The molecule has 120 valence electrons. The molecule has 3 aliphatic rings. The van der Waals surface area contributed by atoms with Crippen molar-refractivity contribution in [1.29, 1.82) is 0 Å². The SMILES string of the molecule is C[C@H]1CCCCC(C)(O)C[C@@]2(C)[C@H]1[C@@H]1C[C@@H]1[C@@H]2C(=O)CBr. The molecule has 0 aromatic carbocycles. The lowest BCUT2D eigenvalue weighted by Gasteiger charge is -2.45. The third-order valence-corrected chi connectivity index (χ3v) is 7.28. The van der Waals surface area contributed by atoms with E-state index in [1.165, 1.54) is 19.3 Å². The maximum absolute atomic E-state index is 12.6. The standard InChI is InChI=1S/C18H29BrO2/c1-11-6-4-5-7-17(2,21)10-18(3)15(11)12-8-13(12)16(18)14(20)9-19/h11-13,15-16,21H,4-10H2,1-3H3/t11-,12+,13-,15+,16+,17?,18-/m0/s1. The van der Waals surface area contributed by atoms with Crippen LogP contribution in [0.1, 0.15) is 59.3 Å². The number of aliphatic hydroxyl groups is 1. The van der Waals surface area contributed by atoms with Crippen LogP contribution in [0.4, 0.5) is 0 Å². The molecule has 21 heavy (non-hydrogen) atoms. The monoisotopic (exact) mass is 356 g/mol. The number of rotatable bonds is 2. The average Bonchev–Trinajstić information content (AvgIpc) is 3.07. The van der Waals surface area contributed by atoms with Gasteiger partial charge in [-0.15, -0.1) is 0 Å². The highest BCUT2D eigenvalue weighted by Gasteiger charge is 2.68. The molecular formula is C18H29BrO2. The Labute approximate surface area is 137 Å². The van der Waals surface area contributed by atoms with Gasteiger partial charge in [-0.1, -0.05) is 49.0 Å². The second kappa shape index (κ2) is 5.33. The van der Waals surface area contributed by atoms with Crippen LogP contribution in [-0.4, -0.2) is 21.8 Å². The van der Waals surface area contributed by atoms with E-state index >= 15 is 0 Å². The summed E-state index contributed by atoms with van der Waals surface area (Å²) in [4.78, 5) is 12.6. The summed E-state index contributed by atoms with van der Waals surface area (Å²) in [5.74, 6) is 3.19. The predicted molar refractivity (Wildman–Crippen MR) is 88.4 cm³/mol. The van der Waals surface area contributed by atoms with Crippen molar-refractivity contribution >= 4 is 21.7 Å². The van der Waals surface area contributed by atoms with E-state index in [1.807, 2.05) is 6.92 Å². The minimum atomic E-state index is -0.612. The fraction of sp³-hybridized carbons (Fsp3) is 0.944. The Bertz CT molecular complexity index is 433. The zero-order valence-corrected chi connectivity index (χ0v) is 15.2. The molecule has 1 N–H and O–H groups in total. The summed E-state index contributed by atoms with van der Waals surface area (Å²) in [5, 5.41) is 11.3. The normalized spacial score (nSPS) is 53.1. The van der Waals surface area contributed by atoms with Crippen molar-refractivity contribution in [3.63, 3.8) is 0 Å².